The third-order valence-electron chi connectivity index (χ3n) is 5.69. The van der Waals surface area contributed by atoms with Crippen molar-refractivity contribution in [1.29, 1.82) is 0 Å². The van der Waals surface area contributed by atoms with Gasteiger partial charge in [-0.2, -0.15) is 10.1 Å². The minimum absolute atomic E-state index is 0.0405. The molecule has 1 aliphatic rings. The lowest BCUT2D eigenvalue weighted by Crippen LogP contribution is -2.37. The van der Waals surface area contributed by atoms with Crippen LogP contribution in [0.15, 0.2) is 42.6 Å². The molecular weight excluding hydrogens is 392 g/mol. The number of amides is 1. The minimum Gasteiger partial charge on any atom is -0.447 e. The van der Waals surface area contributed by atoms with Crippen LogP contribution < -0.4 is 10.2 Å². The number of nitrogens with one attached hydrogen (secondary N) is 1. The van der Waals surface area contributed by atoms with E-state index in [9.17, 15) is 4.79 Å². The zero-order valence-corrected chi connectivity index (χ0v) is 18.5. The number of nitrogens with zero attached hydrogens (tertiary/aromatic N) is 5. The van der Waals surface area contributed by atoms with Gasteiger partial charge in [-0.3, -0.25) is 4.90 Å². The van der Waals surface area contributed by atoms with Gasteiger partial charge in [-0.1, -0.05) is 32.0 Å². The Balaban J connectivity index is 1.59. The molecule has 1 N–H and O–H groups in total. The Morgan fingerprint density at radius 3 is 2.58 bits per heavy atom. The summed E-state index contributed by atoms with van der Waals surface area (Å²) in [6, 6.07) is 11.7. The molecule has 31 heavy (non-hydrogen) atoms. The van der Waals surface area contributed by atoms with Crippen molar-refractivity contribution >= 4 is 17.9 Å². The van der Waals surface area contributed by atoms with Crippen LogP contribution in [0.1, 0.15) is 43.8 Å². The first-order valence-electron chi connectivity index (χ1n) is 10.5. The van der Waals surface area contributed by atoms with Gasteiger partial charge >= 0.3 is 6.09 Å². The van der Waals surface area contributed by atoms with Crippen LogP contribution in [0.25, 0.3) is 5.69 Å². The standard InChI is InChI=1S/C23H28N6O2/c1-14(2)19-13-31-23(30)28(19)20-11-12-24-22(26-20)25-15(3)21-16(4)27-29(17(21)5)18-9-7-6-8-10-18/h6-12,14-15,19H,13H2,1-5H3,(H,24,25,26)/t15-,19+/m0/s1. The molecule has 0 radical (unpaired) electrons. The van der Waals surface area contributed by atoms with E-state index in [1.165, 1.54) is 0 Å². The van der Waals surface area contributed by atoms with E-state index in [4.69, 9.17) is 9.84 Å². The van der Waals surface area contributed by atoms with Crippen molar-refractivity contribution in [2.75, 3.05) is 16.8 Å². The molecule has 0 bridgehead atoms. The van der Waals surface area contributed by atoms with Crippen molar-refractivity contribution in [3.63, 3.8) is 0 Å². The van der Waals surface area contributed by atoms with Crippen LogP contribution in [0, 0.1) is 19.8 Å². The summed E-state index contributed by atoms with van der Waals surface area (Å²) in [4.78, 5) is 22.9. The van der Waals surface area contributed by atoms with Crippen LogP contribution in [0.5, 0.6) is 0 Å². The maximum Gasteiger partial charge on any atom is 0.415 e. The van der Waals surface area contributed by atoms with Crippen LogP contribution in [-0.2, 0) is 4.74 Å². The van der Waals surface area contributed by atoms with E-state index in [0.717, 1.165) is 22.6 Å². The first-order chi connectivity index (χ1) is 14.9. The Labute approximate surface area is 182 Å². The average Bonchev–Trinajstić information content (AvgIpc) is 3.28. The summed E-state index contributed by atoms with van der Waals surface area (Å²) < 4.78 is 7.21. The number of ether oxygens (including phenoxy) is 1. The molecule has 1 aromatic carbocycles. The molecule has 3 heterocycles. The fourth-order valence-corrected chi connectivity index (χ4v) is 4.11. The molecule has 2 aromatic heterocycles. The lowest BCUT2D eigenvalue weighted by atomic mass is 10.0. The molecule has 1 saturated heterocycles. The molecule has 4 rings (SSSR count). The second kappa shape index (κ2) is 8.37. The Kier molecular flexibility index (Phi) is 5.63. The number of aryl methyl sites for hydroxylation is 1. The zero-order valence-electron chi connectivity index (χ0n) is 18.5. The molecule has 1 fully saturated rings. The van der Waals surface area contributed by atoms with Crippen LogP contribution >= 0.6 is 0 Å². The molecule has 0 spiro atoms. The van der Waals surface area contributed by atoms with Gasteiger partial charge in [-0.05, 0) is 44.9 Å². The topological polar surface area (TPSA) is 85.2 Å². The molecule has 0 aliphatic carbocycles. The summed E-state index contributed by atoms with van der Waals surface area (Å²) in [5.41, 5.74) is 4.12. The van der Waals surface area contributed by atoms with Gasteiger partial charge in [-0.25, -0.2) is 14.5 Å². The number of carbonyl (C=O) groups excluding carboxylic acids is 1. The van der Waals surface area contributed by atoms with Crippen molar-refractivity contribution in [1.82, 2.24) is 19.7 Å². The number of anilines is 2. The predicted molar refractivity (Wildman–Crippen MR) is 120 cm³/mol. The van der Waals surface area contributed by atoms with Gasteiger partial charge in [0.15, 0.2) is 0 Å². The number of aromatic nitrogens is 4. The van der Waals surface area contributed by atoms with E-state index in [2.05, 4.69) is 43.0 Å². The predicted octanol–water partition coefficient (Wildman–Crippen LogP) is 4.43. The summed E-state index contributed by atoms with van der Waals surface area (Å²) in [5, 5.41) is 8.10. The number of para-hydroxylation sites is 1. The van der Waals surface area contributed by atoms with Crippen molar-refractivity contribution in [2.24, 2.45) is 5.92 Å². The molecule has 0 saturated carbocycles. The van der Waals surface area contributed by atoms with E-state index in [0.29, 0.717) is 18.4 Å². The zero-order chi connectivity index (χ0) is 22.1. The van der Waals surface area contributed by atoms with Gasteiger partial charge in [0.1, 0.15) is 12.4 Å². The first kappa shape index (κ1) is 20.8. The van der Waals surface area contributed by atoms with Crippen molar-refractivity contribution in [3.05, 3.63) is 59.5 Å². The fraction of sp³-hybridized carbons (Fsp3) is 0.391. The lowest BCUT2D eigenvalue weighted by Gasteiger charge is -2.23. The second-order valence-corrected chi connectivity index (χ2v) is 8.19. The van der Waals surface area contributed by atoms with E-state index in [1.54, 1.807) is 17.2 Å². The Bertz CT molecular complexity index is 1080. The van der Waals surface area contributed by atoms with Gasteiger partial charge in [0.05, 0.1) is 23.5 Å². The Hall–Kier alpha value is -3.42. The van der Waals surface area contributed by atoms with Crippen molar-refractivity contribution in [2.45, 2.75) is 46.7 Å². The molecule has 162 valence electrons. The number of hydrogen-bond donors (Lipinski definition) is 1. The minimum atomic E-state index is -0.368. The average molecular weight is 421 g/mol. The van der Waals surface area contributed by atoms with Gasteiger partial charge in [0, 0.05) is 17.5 Å². The molecule has 8 heteroatoms. The maximum atomic E-state index is 12.3. The van der Waals surface area contributed by atoms with Crippen LogP contribution in [0.4, 0.5) is 16.6 Å². The summed E-state index contributed by atoms with van der Waals surface area (Å²) >= 11 is 0. The number of hydrogen-bond acceptors (Lipinski definition) is 6. The highest BCUT2D eigenvalue weighted by Crippen LogP contribution is 2.28. The number of benzene rings is 1. The largest absolute Gasteiger partial charge is 0.447 e. The van der Waals surface area contributed by atoms with E-state index >= 15 is 0 Å². The van der Waals surface area contributed by atoms with Crippen molar-refractivity contribution < 1.29 is 9.53 Å². The van der Waals surface area contributed by atoms with Crippen LogP contribution in [-0.4, -0.2) is 38.5 Å². The van der Waals surface area contributed by atoms with Crippen molar-refractivity contribution in [3.8, 4) is 5.69 Å². The Morgan fingerprint density at radius 1 is 1.13 bits per heavy atom. The maximum absolute atomic E-state index is 12.3. The monoisotopic (exact) mass is 420 g/mol. The first-order valence-corrected chi connectivity index (χ1v) is 10.5. The van der Waals surface area contributed by atoms with Crippen LogP contribution in [0.3, 0.4) is 0 Å². The van der Waals surface area contributed by atoms with Crippen LogP contribution in [0.2, 0.25) is 0 Å². The summed E-state index contributed by atoms with van der Waals surface area (Å²) in [6.07, 6.45) is 1.29. The molecule has 1 amide bonds. The van der Waals surface area contributed by atoms with Gasteiger partial charge < -0.3 is 10.1 Å². The highest BCUT2D eigenvalue weighted by atomic mass is 16.6. The summed E-state index contributed by atoms with van der Waals surface area (Å²) in [5.74, 6) is 1.25. The van der Waals surface area contributed by atoms with E-state index < -0.39 is 0 Å². The number of cyclic esters (lactones) is 1. The highest BCUT2D eigenvalue weighted by Gasteiger charge is 2.37. The quantitative estimate of drug-likeness (QED) is 0.635. The lowest BCUT2D eigenvalue weighted by molar-refractivity contribution is 0.177. The second-order valence-electron chi connectivity index (χ2n) is 8.19. The number of rotatable bonds is 6. The normalized spacial score (nSPS) is 17.2. The molecule has 0 unspecified atom stereocenters. The smallest absolute Gasteiger partial charge is 0.415 e. The third kappa shape index (κ3) is 3.97. The van der Waals surface area contributed by atoms with E-state index in [1.807, 2.05) is 41.9 Å². The van der Waals surface area contributed by atoms with Gasteiger partial charge in [0.25, 0.3) is 0 Å². The molecule has 3 aromatic rings. The highest BCUT2D eigenvalue weighted by molar-refractivity contribution is 5.89. The van der Waals surface area contributed by atoms with Gasteiger partial charge in [0.2, 0.25) is 5.95 Å². The molecule has 1 aliphatic heterocycles. The fourth-order valence-electron chi connectivity index (χ4n) is 4.11. The molecular formula is C23H28N6O2. The summed E-state index contributed by atoms with van der Waals surface area (Å²) in [7, 11) is 0. The van der Waals surface area contributed by atoms with E-state index in [-0.39, 0.29) is 24.1 Å². The number of carbonyl (C=O) groups is 1. The summed E-state index contributed by atoms with van der Waals surface area (Å²) in [6.45, 7) is 10.6. The van der Waals surface area contributed by atoms with Gasteiger partial charge in [-0.15, -0.1) is 0 Å². The molecule has 2 atom stereocenters. The molecule has 8 nitrogen and oxygen atoms in total. The SMILES string of the molecule is Cc1nn(-c2ccccc2)c(C)c1[C@H](C)Nc1nccc(N2C(=O)OC[C@@H]2C(C)C)n1. The third-order valence-corrected chi connectivity index (χ3v) is 5.69. The Morgan fingerprint density at radius 2 is 1.87 bits per heavy atom.